The Morgan fingerprint density at radius 1 is 1.08 bits per heavy atom. The van der Waals surface area contributed by atoms with Crippen LogP contribution in [0.15, 0.2) is 0 Å². The molecule has 0 aromatic rings. The van der Waals surface area contributed by atoms with E-state index in [-0.39, 0.29) is 0 Å². The average Bonchev–Trinajstić information content (AvgIpc) is 2.06. The van der Waals surface area contributed by atoms with E-state index in [9.17, 15) is 0 Å². The zero-order valence-corrected chi connectivity index (χ0v) is 10.6. The molecule has 3 heteroatoms. The van der Waals surface area contributed by atoms with Crippen LogP contribution in [0.4, 0.5) is 0 Å². The van der Waals surface area contributed by atoms with Crippen molar-refractivity contribution in [2.24, 2.45) is 5.92 Å². The van der Waals surface area contributed by atoms with Gasteiger partial charge >= 0.3 is 0 Å². The third kappa shape index (κ3) is 4.33. The highest BCUT2D eigenvalue weighted by atomic mass is 32.1. The van der Waals surface area contributed by atoms with Gasteiger partial charge in [0.2, 0.25) is 0 Å². The molecular formula is C9H20S3. The number of thiol groups is 3. The van der Waals surface area contributed by atoms with E-state index < -0.39 is 0 Å². The molecule has 0 aliphatic carbocycles. The van der Waals surface area contributed by atoms with Gasteiger partial charge < -0.3 is 0 Å². The fourth-order valence-corrected chi connectivity index (χ4v) is 2.95. The largest absolute Gasteiger partial charge is 0.178 e. The summed E-state index contributed by atoms with van der Waals surface area (Å²) in [4.78, 5) is 0. The molecule has 0 bridgehead atoms. The normalized spacial score (nSPS) is 18.8. The Bertz CT molecular complexity index is 106. The van der Waals surface area contributed by atoms with Gasteiger partial charge in [-0.2, -0.15) is 37.9 Å². The highest BCUT2D eigenvalue weighted by Gasteiger charge is 2.21. The minimum Gasteiger partial charge on any atom is -0.178 e. The van der Waals surface area contributed by atoms with E-state index in [2.05, 4.69) is 51.7 Å². The molecule has 0 fully saturated rings. The summed E-state index contributed by atoms with van der Waals surface area (Å²) < 4.78 is 0. The smallest absolute Gasteiger partial charge is 0.0144 e. The van der Waals surface area contributed by atoms with Crippen molar-refractivity contribution in [3.05, 3.63) is 0 Å². The van der Waals surface area contributed by atoms with Gasteiger partial charge in [0, 0.05) is 16.3 Å². The van der Waals surface area contributed by atoms with Crippen molar-refractivity contribution < 1.29 is 0 Å². The Morgan fingerprint density at radius 2 is 1.67 bits per heavy atom. The quantitative estimate of drug-likeness (QED) is 0.566. The fourth-order valence-electron chi connectivity index (χ4n) is 1.45. The van der Waals surface area contributed by atoms with Gasteiger partial charge in [-0.25, -0.2) is 0 Å². The summed E-state index contributed by atoms with van der Waals surface area (Å²) in [5.41, 5.74) is 0. The number of hydrogen-bond donors (Lipinski definition) is 3. The first-order chi connectivity index (χ1) is 5.67. The maximum Gasteiger partial charge on any atom is 0.0144 e. The topological polar surface area (TPSA) is 0 Å². The maximum atomic E-state index is 4.60. The van der Waals surface area contributed by atoms with E-state index in [0.29, 0.717) is 16.4 Å². The van der Waals surface area contributed by atoms with Gasteiger partial charge in [0.25, 0.3) is 0 Å². The third-order valence-electron chi connectivity index (χ3n) is 2.23. The van der Waals surface area contributed by atoms with E-state index in [1.807, 2.05) is 0 Å². The minimum absolute atomic E-state index is 0.396. The van der Waals surface area contributed by atoms with Crippen LogP contribution in [0.25, 0.3) is 0 Å². The van der Waals surface area contributed by atoms with Gasteiger partial charge in [-0.05, 0) is 12.3 Å². The molecule has 0 aliphatic heterocycles. The Morgan fingerprint density at radius 3 is 2.00 bits per heavy atom. The standard InChI is InChI=1S/C9H20S3/c1-3-5-8(11)7(4-2)9(12)6-10/h7-12H,3-6H2,1-2H3. The van der Waals surface area contributed by atoms with Gasteiger partial charge in [0.15, 0.2) is 0 Å². The van der Waals surface area contributed by atoms with Crippen molar-refractivity contribution >= 4 is 37.9 Å². The Hall–Kier alpha value is 1.05. The van der Waals surface area contributed by atoms with Crippen LogP contribution in [0.5, 0.6) is 0 Å². The predicted molar refractivity (Wildman–Crippen MR) is 68.1 cm³/mol. The highest BCUT2D eigenvalue weighted by molar-refractivity contribution is 7.85. The van der Waals surface area contributed by atoms with Crippen molar-refractivity contribution in [3.63, 3.8) is 0 Å². The molecule has 3 unspecified atom stereocenters. The molecule has 0 rings (SSSR count). The molecular weight excluding hydrogens is 204 g/mol. The lowest BCUT2D eigenvalue weighted by Gasteiger charge is -2.26. The first kappa shape index (κ1) is 13.1. The van der Waals surface area contributed by atoms with E-state index >= 15 is 0 Å². The molecule has 0 radical (unpaired) electrons. The van der Waals surface area contributed by atoms with Crippen LogP contribution >= 0.6 is 37.9 Å². The Labute approximate surface area is 93.1 Å². The Kier molecular flexibility index (Phi) is 8.11. The number of rotatable bonds is 6. The summed E-state index contributed by atoms with van der Waals surface area (Å²) in [6, 6.07) is 0. The van der Waals surface area contributed by atoms with Crippen LogP contribution in [0.3, 0.4) is 0 Å². The van der Waals surface area contributed by atoms with Crippen LogP contribution in [-0.4, -0.2) is 16.3 Å². The van der Waals surface area contributed by atoms with Crippen LogP contribution in [0, 0.1) is 5.92 Å². The van der Waals surface area contributed by atoms with Crippen molar-refractivity contribution in [2.75, 3.05) is 5.75 Å². The average molecular weight is 224 g/mol. The molecule has 0 aromatic heterocycles. The summed E-state index contributed by atoms with van der Waals surface area (Å²) in [7, 11) is 0. The van der Waals surface area contributed by atoms with Crippen LogP contribution in [0.2, 0.25) is 0 Å². The second-order valence-electron chi connectivity index (χ2n) is 3.18. The molecule has 0 amide bonds. The van der Waals surface area contributed by atoms with E-state index in [4.69, 9.17) is 0 Å². The maximum absolute atomic E-state index is 4.60. The third-order valence-corrected chi connectivity index (χ3v) is 4.12. The van der Waals surface area contributed by atoms with Crippen molar-refractivity contribution in [3.8, 4) is 0 Å². The molecule has 0 spiro atoms. The van der Waals surface area contributed by atoms with Crippen molar-refractivity contribution in [2.45, 2.75) is 43.6 Å². The first-order valence-corrected chi connectivity index (χ1v) is 6.30. The van der Waals surface area contributed by atoms with E-state index in [1.54, 1.807) is 0 Å². The molecule has 12 heavy (non-hydrogen) atoms. The summed E-state index contributed by atoms with van der Waals surface area (Å²) in [6.07, 6.45) is 3.55. The predicted octanol–water partition coefficient (Wildman–Crippen LogP) is 3.34. The highest BCUT2D eigenvalue weighted by Crippen LogP contribution is 2.26. The Balaban J connectivity index is 3.94. The summed E-state index contributed by atoms with van der Waals surface area (Å²) in [5.74, 6) is 1.46. The lowest BCUT2D eigenvalue weighted by Crippen LogP contribution is -2.25. The molecule has 0 N–H and O–H groups in total. The van der Waals surface area contributed by atoms with Crippen LogP contribution in [0.1, 0.15) is 33.1 Å². The molecule has 0 saturated carbocycles. The summed E-state index contributed by atoms with van der Waals surface area (Å²) in [6.45, 7) is 4.40. The first-order valence-electron chi connectivity index (χ1n) is 4.64. The molecule has 74 valence electrons. The molecule has 0 heterocycles. The van der Waals surface area contributed by atoms with Crippen molar-refractivity contribution in [1.29, 1.82) is 0 Å². The van der Waals surface area contributed by atoms with Crippen molar-refractivity contribution in [1.82, 2.24) is 0 Å². The molecule has 0 nitrogen and oxygen atoms in total. The molecule has 0 saturated heterocycles. The SMILES string of the molecule is CCCC(S)C(CC)C(S)CS. The molecule has 0 aliphatic rings. The van der Waals surface area contributed by atoms with Gasteiger partial charge in [-0.15, -0.1) is 0 Å². The van der Waals surface area contributed by atoms with Crippen LogP contribution < -0.4 is 0 Å². The molecule has 3 atom stereocenters. The second-order valence-corrected chi connectivity index (χ2v) is 4.87. The summed E-state index contributed by atoms with van der Waals surface area (Å²) >= 11 is 13.4. The second kappa shape index (κ2) is 7.45. The van der Waals surface area contributed by atoms with Gasteiger partial charge in [-0.1, -0.05) is 26.7 Å². The van der Waals surface area contributed by atoms with Gasteiger partial charge in [0.1, 0.15) is 0 Å². The van der Waals surface area contributed by atoms with Gasteiger partial charge in [-0.3, -0.25) is 0 Å². The zero-order chi connectivity index (χ0) is 9.56. The lowest BCUT2D eigenvalue weighted by molar-refractivity contribution is 0.469. The van der Waals surface area contributed by atoms with E-state index in [1.165, 1.54) is 12.8 Å². The lowest BCUT2D eigenvalue weighted by atomic mass is 9.95. The summed E-state index contributed by atoms with van der Waals surface area (Å²) in [5, 5.41) is 0.891. The fraction of sp³-hybridized carbons (Fsp3) is 1.00. The molecule has 0 aromatic carbocycles. The van der Waals surface area contributed by atoms with Crippen LogP contribution in [-0.2, 0) is 0 Å². The monoisotopic (exact) mass is 224 g/mol. The number of hydrogen-bond acceptors (Lipinski definition) is 3. The van der Waals surface area contributed by atoms with Gasteiger partial charge in [0.05, 0.1) is 0 Å². The van der Waals surface area contributed by atoms with E-state index in [0.717, 1.165) is 12.2 Å². The zero-order valence-electron chi connectivity index (χ0n) is 7.90. The minimum atomic E-state index is 0.396.